The second kappa shape index (κ2) is 10.5. The normalized spacial score (nSPS) is 13.9. The summed E-state index contributed by atoms with van der Waals surface area (Å²) in [5, 5.41) is 2.75. The van der Waals surface area contributed by atoms with Gasteiger partial charge < -0.3 is 24.4 Å². The van der Waals surface area contributed by atoms with Crippen molar-refractivity contribution in [2.75, 3.05) is 44.1 Å². The van der Waals surface area contributed by atoms with E-state index in [4.69, 9.17) is 14.2 Å². The molecule has 0 unspecified atom stereocenters. The van der Waals surface area contributed by atoms with Crippen LogP contribution in [0, 0.1) is 0 Å². The maximum Gasteiger partial charge on any atom is 0.338 e. The fourth-order valence-electron chi connectivity index (χ4n) is 3.46. The molecule has 1 aliphatic rings. The van der Waals surface area contributed by atoms with Crippen molar-refractivity contribution in [1.82, 2.24) is 0 Å². The summed E-state index contributed by atoms with van der Waals surface area (Å²) in [5.41, 5.74) is 2.11. The average molecular weight is 412 g/mol. The van der Waals surface area contributed by atoms with Crippen molar-refractivity contribution in [3.05, 3.63) is 48.0 Å². The standard InChI is InChI=1S/C23H28N2O5/c1-28-20-12-7-17(15-21(20)29-2)23(27)30-16-22(26)24-18-8-10-19(11-9-18)25-13-5-3-4-6-14-25/h7-12,15H,3-6,13-14,16H2,1-2H3,(H,24,26). The molecule has 0 radical (unpaired) electrons. The predicted octanol–water partition coefficient (Wildman–Crippen LogP) is 3.88. The van der Waals surface area contributed by atoms with Crippen molar-refractivity contribution in [2.45, 2.75) is 25.7 Å². The number of amides is 1. The summed E-state index contributed by atoms with van der Waals surface area (Å²) < 4.78 is 15.4. The number of ether oxygens (including phenoxy) is 3. The van der Waals surface area contributed by atoms with E-state index in [9.17, 15) is 9.59 Å². The van der Waals surface area contributed by atoms with Crippen LogP contribution in [-0.4, -0.2) is 45.8 Å². The van der Waals surface area contributed by atoms with Gasteiger partial charge in [0.25, 0.3) is 5.91 Å². The highest BCUT2D eigenvalue weighted by atomic mass is 16.5. The van der Waals surface area contributed by atoms with Gasteiger partial charge in [-0.25, -0.2) is 4.79 Å². The van der Waals surface area contributed by atoms with Gasteiger partial charge in [-0.05, 0) is 55.3 Å². The topological polar surface area (TPSA) is 77.1 Å². The van der Waals surface area contributed by atoms with Crippen LogP contribution in [0.5, 0.6) is 11.5 Å². The number of nitrogens with zero attached hydrogens (tertiary/aromatic N) is 1. The summed E-state index contributed by atoms with van der Waals surface area (Å²) in [4.78, 5) is 26.8. The van der Waals surface area contributed by atoms with Gasteiger partial charge >= 0.3 is 5.97 Å². The molecule has 1 heterocycles. The number of anilines is 2. The molecular formula is C23H28N2O5. The lowest BCUT2D eigenvalue weighted by atomic mass is 10.2. The molecule has 3 rings (SSSR count). The van der Waals surface area contributed by atoms with E-state index in [1.807, 2.05) is 24.3 Å². The quantitative estimate of drug-likeness (QED) is 0.696. The number of hydrogen-bond acceptors (Lipinski definition) is 6. The molecule has 2 aromatic carbocycles. The van der Waals surface area contributed by atoms with Gasteiger partial charge in [-0.15, -0.1) is 0 Å². The van der Waals surface area contributed by atoms with Gasteiger partial charge in [-0.3, -0.25) is 4.79 Å². The number of carbonyl (C=O) groups excluding carboxylic acids is 2. The van der Waals surface area contributed by atoms with Crippen LogP contribution < -0.4 is 19.7 Å². The third-order valence-corrected chi connectivity index (χ3v) is 5.08. The summed E-state index contributed by atoms with van der Waals surface area (Å²) in [7, 11) is 3.00. The van der Waals surface area contributed by atoms with Crippen molar-refractivity contribution in [1.29, 1.82) is 0 Å². The minimum absolute atomic E-state index is 0.280. The number of methoxy groups -OCH3 is 2. The summed E-state index contributed by atoms with van der Waals surface area (Å²) >= 11 is 0. The van der Waals surface area contributed by atoms with Crippen LogP contribution in [0.15, 0.2) is 42.5 Å². The van der Waals surface area contributed by atoms with Crippen LogP contribution in [0.25, 0.3) is 0 Å². The Bertz CT molecular complexity index is 858. The van der Waals surface area contributed by atoms with E-state index in [1.54, 1.807) is 12.1 Å². The second-order valence-electron chi connectivity index (χ2n) is 7.14. The summed E-state index contributed by atoms with van der Waals surface area (Å²) in [6, 6.07) is 12.4. The first-order valence-corrected chi connectivity index (χ1v) is 10.1. The highest BCUT2D eigenvalue weighted by molar-refractivity contribution is 5.95. The molecule has 0 aliphatic carbocycles. The molecular weight excluding hydrogens is 384 g/mol. The molecule has 30 heavy (non-hydrogen) atoms. The molecule has 0 atom stereocenters. The van der Waals surface area contributed by atoms with Crippen LogP contribution in [0.4, 0.5) is 11.4 Å². The van der Waals surface area contributed by atoms with Crippen molar-refractivity contribution in [3.63, 3.8) is 0 Å². The number of carbonyl (C=O) groups is 2. The summed E-state index contributed by atoms with van der Waals surface area (Å²) in [5.74, 6) is -0.0784. The molecule has 1 N–H and O–H groups in total. The number of benzene rings is 2. The van der Waals surface area contributed by atoms with Crippen molar-refractivity contribution in [3.8, 4) is 11.5 Å². The lowest BCUT2D eigenvalue weighted by molar-refractivity contribution is -0.119. The van der Waals surface area contributed by atoms with Crippen LogP contribution in [0.2, 0.25) is 0 Å². The number of rotatable bonds is 7. The van der Waals surface area contributed by atoms with E-state index in [0.29, 0.717) is 17.2 Å². The van der Waals surface area contributed by atoms with Crippen molar-refractivity contribution >= 4 is 23.3 Å². The Hall–Kier alpha value is -3.22. The first kappa shape index (κ1) is 21.5. The number of esters is 1. The lowest BCUT2D eigenvalue weighted by Crippen LogP contribution is -2.24. The molecule has 1 aliphatic heterocycles. The van der Waals surface area contributed by atoms with Crippen molar-refractivity contribution in [2.24, 2.45) is 0 Å². The molecule has 0 bridgehead atoms. The third kappa shape index (κ3) is 5.65. The van der Waals surface area contributed by atoms with Crippen LogP contribution in [0.1, 0.15) is 36.0 Å². The van der Waals surface area contributed by atoms with Gasteiger partial charge in [0.2, 0.25) is 0 Å². The first-order chi connectivity index (χ1) is 14.6. The van der Waals surface area contributed by atoms with E-state index in [1.165, 1.54) is 46.0 Å². The molecule has 1 amide bonds. The Morgan fingerprint density at radius 3 is 2.20 bits per heavy atom. The Morgan fingerprint density at radius 1 is 0.900 bits per heavy atom. The zero-order valence-electron chi connectivity index (χ0n) is 17.5. The highest BCUT2D eigenvalue weighted by Crippen LogP contribution is 2.27. The van der Waals surface area contributed by atoms with Crippen LogP contribution >= 0.6 is 0 Å². The maximum absolute atomic E-state index is 12.2. The molecule has 0 saturated carbocycles. The predicted molar refractivity (Wildman–Crippen MR) is 116 cm³/mol. The molecule has 7 nitrogen and oxygen atoms in total. The van der Waals surface area contributed by atoms with E-state index in [0.717, 1.165) is 18.8 Å². The third-order valence-electron chi connectivity index (χ3n) is 5.08. The monoisotopic (exact) mass is 412 g/mol. The summed E-state index contributed by atoms with van der Waals surface area (Å²) in [6.07, 6.45) is 4.99. The number of nitrogens with one attached hydrogen (secondary N) is 1. The first-order valence-electron chi connectivity index (χ1n) is 10.1. The average Bonchev–Trinajstić information content (AvgIpc) is 3.07. The fourth-order valence-corrected chi connectivity index (χ4v) is 3.46. The molecule has 160 valence electrons. The smallest absolute Gasteiger partial charge is 0.338 e. The largest absolute Gasteiger partial charge is 0.493 e. The zero-order valence-corrected chi connectivity index (χ0v) is 17.5. The van der Waals surface area contributed by atoms with Gasteiger partial charge in [0.15, 0.2) is 18.1 Å². The highest BCUT2D eigenvalue weighted by Gasteiger charge is 2.14. The van der Waals surface area contributed by atoms with E-state index in [2.05, 4.69) is 10.2 Å². The minimum Gasteiger partial charge on any atom is -0.493 e. The molecule has 7 heteroatoms. The summed E-state index contributed by atoms with van der Waals surface area (Å²) in [6.45, 7) is 1.76. The Balaban J connectivity index is 1.51. The second-order valence-corrected chi connectivity index (χ2v) is 7.14. The number of hydrogen-bond donors (Lipinski definition) is 1. The Labute approximate surface area is 176 Å². The molecule has 2 aromatic rings. The van der Waals surface area contributed by atoms with E-state index < -0.39 is 11.9 Å². The fraction of sp³-hybridized carbons (Fsp3) is 0.391. The SMILES string of the molecule is COc1ccc(C(=O)OCC(=O)Nc2ccc(N3CCCCCC3)cc2)cc1OC. The zero-order chi connectivity index (χ0) is 21.3. The maximum atomic E-state index is 12.2. The van der Waals surface area contributed by atoms with Gasteiger partial charge in [-0.1, -0.05) is 12.8 Å². The van der Waals surface area contributed by atoms with Gasteiger partial charge in [0.1, 0.15) is 0 Å². The molecule has 0 spiro atoms. The molecule has 0 aromatic heterocycles. The lowest BCUT2D eigenvalue weighted by Gasteiger charge is -2.22. The van der Waals surface area contributed by atoms with E-state index >= 15 is 0 Å². The van der Waals surface area contributed by atoms with E-state index in [-0.39, 0.29) is 12.2 Å². The van der Waals surface area contributed by atoms with Gasteiger partial charge in [-0.2, -0.15) is 0 Å². The Kier molecular flexibility index (Phi) is 7.54. The van der Waals surface area contributed by atoms with Crippen LogP contribution in [0.3, 0.4) is 0 Å². The molecule has 1 fully saturated rings. The van der Waals surface area contributed by atoms with Crippen molar-refractivity contribution < 1.29 is 23.8 Å². The van der Waals surface area contributed by atoms with Gasteiger partial charge in [0, 0.05) is 24.5 Å². The Morgan fingerprint density at radius 2 is 1.57 bits per heavy atom. The minimum atomic E-state index is -0.609. The van der Waals surface area contributed by atoms with Gasteiger partial charge in [0.05, 0.1) is 19.8 Å². The molecule has 1 saturated heterocycles. The van der Waals surface area contributed by atoms with Crippen LogP contribution in [-0.2, 0) is 9.53 Å².